The smallest absolute Gasteiger partial charge is 0.119 e. The zero-order valence-corrected chi connectivity index (χ0v) is 11.2. The normalized spacial score (nSPS) is 11.9. The quantitative estimate of drug-likeness (QED) is 0.798. The SMILES string of the molecule is CC(C)Oc1ccc(CNC(C)(C)CO)cc1. The third kappa shape index (κ3) is 5.20. The van der Waals surface area contributed by atoms with Crippen molar-refractivity contribution in [3.8, 4) is 5.75 Å². The van der Waals surface area contributed by atoms with Crippen molar-refractivity contribution in [3.63, 3.8) is 0 Å². The van der Waals surface area contributed by atoms with E-state index in [1.54, 1.807) is 0 Å². The second kappa shape index (κ2) is 6.03. The minimum Gasteiger partial charge on any atom is -0.491 e. The predicted molar refractivity (Wildman–Crippen MR) is 70.2 cm³/mol. The minimum atomic E-state index is -0.243. The van der Waals surface area contributed by atoms with Crippen LogP contribution in [0.3, 0.4) is 0 Å². The highest BCUT2D eigenvalue weighted by atomic mass is 16.5. The minimum absolute atomic E-state index is 0.127. The van der Waals surface area contributed by atoms with Gasteiger partial charge in [-0.05, 0) is 45.4 Å². The van der Waals surface area contributed by atoms with Crippen LogP contribution in [0.4, 0.5) is 0 Å². The van der Waals surface area contributed by atoms with Crippen molar-refractivity contribution in [1.29, 1.82) is 0 Å². The maximum Gasteiger partial charge on any atom is 0.119 e. The average Bonchev–Trinajstić information content (AvgIpc) is 2.28. The van der Waals surface area contributed by atoms with Crippen molar-refractivity contribution < 1.29 is 9.84 Å². The largest absolute Gasteiger partial charge is 0.491 e. The second-order valence-electron chi connectivity index (χ2n) is 5.21. The Morgan fingerprint density at radius 1 is 1.24 bits per heavy atom. The molecule has 0 saturated carbocycles. The molecule has 0 atom stereocenters. The first-order valence-electron chi connectivity index (χ1n) is 6.04. The molecular formula is C14H23NO2. The third-order valence-electron chi connectivity index (χ3n) is 2.46. The molecule has 0 amide bonds. The van der Waals surface area contributed by atoms with Crippen LogP contribution in [0, 0.1) is 0 Å². The van der Waals surface area contributed by atoms with Crippen LogP contribution in [0.2, 0.25) is 0 Å². The Balaban J connectivity index is 2.51. The molecule has 17 heavy (non-hydrogen) atoms. The van der Waals surface area contributed by atoms with Gasteiger partial charge in [0.15, 0.2) is 0 Å². The van der Waals surface area contributed by atoms with Gasteiger partial charge in [0.1, 0.15) is 5.75 Å². The van der Waals surface area contributed by atoms with Gasteiger partial charge in [-0.25, -0.2) is 0 Å². The van der Waals surface area contributed by atoms with Gasteiger partial charge in [0.25, 0.3) is 0 Å². The molecule has 0 unspecified atom stereocenters. The number of rotatable bonds is 6. The molecule has 0 aromatic heterocycles. The van der Waals surface area contributed by atoms with Gasteiger partial charge < -0.3 is 15.2 Å². The Bertz CT molecular complexity index is 331. The van der Waals surface area contributed by atoms with Crippen LogP contribution in [-0.4, -0.2) is 23.4 Å². The van der Waals surface area contributed by atoms with Crippen LogP contribution in [-0.2, 0) is 6.54 Å². The summed E-state index contributed by atoms with van der Waals surface area (Å²) in [6.07, 6.45) is 0.201. The van der Waals surface area contributed by atoms with Gasteiger partial charge in [0.05, 0.1) is 12.7 Å². The highest BCUT2D eigenvalue weighted by Crippen LogP contribution is 2.14. The Hall–Kier alpha value is -1.06. The zero-order chi connectivity index (χ0) is 12.9. The molecule has 0 aliphatic rings. The van der Waals surface area contributed by atoms with E-state index >= 15 is 0 Å². The van der Waals surface area contributed by atoms with Crippen LogP contribution in [0.25, 0.3) is 0 Å². The Labute approximate surface area is 104 Å². The number of aliphatic hydroxyl groups is 1. The van der Waals surface area contributed by atoms with E-state index in [0.29, 0.717) is 0 Å². The van der Waals surface area contributed by atoms with Gasteiger partial charge >= 0.3 is 0 Å². The molecule has 3 heteroatoms. The van der Waals surface area contributed by atoms with Gasteiger partial charge in [0.2, 0.25) is 0 Å². The molecule has 3 nitrogen and oxygen atoms in total. The molecule has 0 saturated heterocycles. The molecule has 0 aliphatic carbocycles. The van der Waals surface area contributed by atoms with Crippen molar-refractivity contribution in [3.05, 3.63) is 29.8 Å². The lowest BCUT2D eigenvalue weighted by atomic mass is 10.1. The van der Waals surface area contributed by atoms with E-state index in [-0.39, 0.29) is 18.2 Å². The lowest BCUT2D eigenvalue weighted by Crippen LogP contribution is -2.42. The summed E-state index contributed by atoms with van der Waals surface area (Å²) in [6.45, 7) is 8.85. The predicted octanol–water partition coefficient (Wildman–Crippen LogP) is 2.33. The standard InChI is InChI=1S/C14H23NO2/c1-11(2)17-13-7-5-12(6-8-13)9-15-14(3,4)10-16/h5-8,11,15-16H,9-10H2,1-4H3. The Morgan fingerprint density at radius 2 is 1.82 bits per heavy atom. The maximum absolute atomic E-state index is 9.13. The molecule has 1 rings (SSSR count). The molecule has 2 N–H and O–H groups in total. The van der Waals surface area contributed by atoms with Gasteiger partial charge in [-0.1, -0.05) is 12.1 Å². The maximum atomic E-state index is 9.13. The van der Waals surface area contributed by atoms with Crippen LogP contribution < -0.4 is 10.1 Å². The molecule has 0 aliphatic heterocycles. The first kappa shape index (κ1) is 14.0. The van der Waals surface area contributed by atoms with Crippen LogP contribution in [0.15, 0.2) is 24.3 Å². The summed E-state index contributed by atoms with van der Waals surface area (Å²) in [4.78, 5) is 0. The van der Waals surface area contributed by atoms with Gasteiger partial charge in [-0.15, -0.1) is 0 Å². The molecule has 0 bridgehead atoms. The Kier molecular flexibility index (Phi) is 4.97. The number of aliphatic hydroxyl groups excluding tert-OH is 1. The first-order valence-corrected chi connectivity index (χ1v) is 6.04. The number of benzene rings is 1. The molecule has 96 valence electrons. The van der Waals surface area contributed by atoms with E-state index in [2.05, 4.69) is 5.32 Å². The third-order valence-corrected chi connectivity index (χ3v) is 2.46. The van der Waals surface area contributed by atoms with E-state index in [9.17, 15) is 0 Å². The highest BCUT2D eigenvalue weighted by Gasteiger charge is 2.14. The van der Waals surface area contributed by atoms with E-state index in [4.69, 9.17) is 9.84 Å². The van der Waals surface area contributed by atoms with Gasteiger partial charge in [-0.3, -0.25) is 0 Å². The number of nitrogens with one attached hydrogen (secondary N) is 1. The van der Waals surface area contributed by atoms with Gasteiger partial charge in [-0.2, -0.15) is 0 Å². The summed E-state index contributed by atoms with van der Waals surface area (Å²) >= 11 is 0. The van der Waals surface area contributed by atoms with E-state index in [0.717, 1.165) is 12.3 Å². The summed E-state index contributed by atoms with van der Waals surface area (Å²) in [7, 11) is 0. The Morgan fingerprint density at radius 3 is 2.29 bits per heavy atom. The summed E-state index contributed by atoms with van der Waals surface area (Å²) < 4.78 is 5.58. The second-order valence-corrected chi connectivity index (χ2v) is 5.21. The van der Waals surface area contributed by atoms with Crippen molar-refractivity contribution in [1.82, 2.24) is 5.32 Å². The van der Waals surface area contributed by atoms with Crippen LogP contribution in [0.1, 0.15) is 33.3 Å². The van der Waals surface area contributed by atoms with Crippen LogP contribution >= 0.6 is 0 Å². The van der Waals surface area contributed by atoms with Crippen molar-refractivity contribution in [2.24, 2.45) is 0 Å². The molecule has 0 spiro atoms. The summed E-state index contributed by atoms with van der Waals surface area (Å²) in [5, 5.41) is 12.4. The summed E-state index contributed by atoms with van der Waals surface area (Å²) in [5.41, 5.74) is 0.940. The molecule has 0 radical (unpaired) electrons. The molecule has 0 fully saturated rings. The lowest BCUT2D eigenvalue weighted by molar-refractivity contribution is 0.187. The van der Waals surface area contributed by atoms with E-state index in [1.165, 1.54) is 5.56 Å². The van der Waals surface area contributed by atoms with Crippen molar-refractivity contribution in [2.75, 3.05) is 6.61 Å². The number of ether oxygens (including phenoxy) is 1. The zero-order valence-electron chi connectivity index (χ0n) is 11.2. The van der Waals surface area contributed by atoms with Crippen molar-refractivity contribution in [2.45, 2.75) is 45.9 Å². The fourth-order valence-electron chi connectivity index (χ4n) is 1.36. The summed E-state index contributed by atoms with van der Waals surface area (Å²) in [6, 6.07) is 8.03. The number of hydrogen-bond acceptors (Lipinski definition) is 3. The fourth-order valence-corrected chi connectivity index (χ4v) is 1.36. The van der Waals surface area contributed by atoms with E-state index in [1.807, 2.05) is 52.0 Å². The first-order chi connectivity index (χ1) is 7.93. The number of hydrogen-bond donors (Lipinski definition) is 2. The molecule has 1 aromatic carbocycles. The fraction of sp³-hybridized carbons (Fsp3) is 0.571. The van der Waals surface area contributed by atoms with E-state index < -0.39 is 0 Å². The average molecular weight is 237 g/mol. The van der Waals surface area contributed by atoms with Crippen LogP contribution in [0.5, 0.6) is 5.75 Å². The van der Waals surface area contributed by atoms with Gasteiger partial charge in [0, 0.05) is 12.1 Å². The molecule has 1 aromatic rings. The molecule has 0 heterocycles. The molecular weight excluding hydrogens is 214 g/mol. The topological polar surface area (TPSA) is 41.5 Å². The lowest BCUT2D eigenvalue weighted by Gasteiger charge is -2.23. The van der Waals surface area contributed by atoms with Crippen molar-refractivity contribution >= 4 is 0 Å². The highest BCUT2D eigenvalue weighted by molar-refractivity contribution is 5.27. The summed E-state index contributed by atoms with van der Waals surface area (Å²) in [5.74, 6) is 0.894. The monoisotopic (exact) mass is 237 g/mol.